The average molecular weight is 360 g/mol. The van der Waals surface area contributed by atoms with Gasteiger partial charge in [-0.15, -0.1) is 0 Å². The molecular formula is C22H24N4O. The van der Waals surface area contributed by atoms with Gasteiger partial charge in [0.15, 0.2) is 0 Å². The van der Waals surface area contributed by atoms with E-state index in [1.54, 1.807) is 0 Å². The number of benzene rings is 2. The number of fused-ring (bicyclic) bond motifs is 1. The molecule has 1 heterocycles. The van der Waals surface area contributed by atoms with Crippen molar-refractivity contribution >= 4 is 28.4 Å². The molecule has 5 nitrogen and oxygen atoms in total. The molecular weight excluding hydrogens is 336 g/mol. The van der Waals surface area contributed by atoms with Crippen LogP contribution in [0.3, 0.4) is 0 Å². The molecule has 0 aliphatic heterocycles. The maximum Gasteiger partial charge on any atom is 0.208 e. The molecule has 138 valence electrons. The topological polar surface area (TPSA) is 62.1 Å². The smallest absolute Gasteiger partial charge is 0.208 e. The van der Waals surface area contributed by atoms with E-state index in [2.05, 4.69) is 45.7 Å². The first-order valence-electron chi connectivity index (χ1n) is 9.80. The van der Waals surface area contributed by atoms with Gasteiger partial charge in [0.25, 0.3) is 0 Å². The molecule has 0 radical (unpaired) electrons. The standard InChI is InChI=1S/C22H24N4O/c27-25-21(15-5-3-6-15)16-11-13-17(14-12-16)23-22-24-19-9-1-2-10-20(19)26(22)18-7-4-8-18/h1-2,9-14,18,25,27H,3-8H2,(H,23,24). The average Bonchev–Trinajstić information content (AvgIpc) is 2.95. The number of imidazole rings is 1. The molecule has 0 spiro atoms. The number of para-hydroxylation sites is 2. The van der Waals surface area contributed by atoms with E-state index in [0.29, 0.717) is 6.04 Å². The summed E-state index contributed by atoms with van der Waals surface area (Å²) in [5.74, 6) is 0.909. The summed E-state index contributed by atoms with van der Waals surface area (Å²) in [7, 11) is 0. The lowest BCUT2D eigenvalue weighted by molar-refractivity contribution is 0.222. The van der Waals surface area contributed by atoms with E-state index in [9.17, 15) is 5.21 Å². The third kappa shape index (κ3) is 2.88. The quantitative estimate of drug-likeness (QED) is 0.535. The summed E-state index contributed by atoms with van der Waals surface area (Å²) in [4.78, 5) is 4.83. The van der Waals surface area contributed by atoms with E-state index in [0.717, 1.165) is 41.3 Å². The van der Waals surface area contributed by atoms with Crippen LogP contribution in [-0.4, -0.2) is 14.8 Å². The van der Waals surface area contributed by atoms with E-state index in [-0.39, 0.29) is 0 Å². The lowest BCUT2D eigenvalue weighted by Crippen LogP contribution is -2.18. The second-order valence-corrected chi connectivity index (χ2v) is 7.53. The van der Waals surface area contributed by atoms with E-state index in [4.69, 9.17) is 4.98 Å². The predicted octanol–water partition coefficient (Wildman–Crippen LogP) is 5.38. The molecule has 1 aromatic heterocycles. The second-order valence-electron chi connectivity index (χ2n) is 7.53. The van der Waals surface area contributed by atoms with Crippen molar-refractivity contribution in [3.63, 3.8) is 0 Å². The Hall–Kier alpha value is -2.79. The zero-order valence-electron chi connectivity index (χ0n) is 15.3. The molecule has 2 fully saturated rings. The SMILES string of the molecule is ONC(=C1CCC1)c1ccc(Nc2nc3ccccc3n2C2CCC2)cc1. The number of allylic oxidation sites excluding steroid dienone is 1. The van der Waals surface area contributed by atoms with Crippen LogP contribution in [0.15, 0.2) is 54.1 Å². The molecule has 0 unspecified atom stereocenters. The molecule has 0 bridgehead atoms. The van der Waals surface area contributed by atoms with Crippen LogP contribution >= 0.6 is 0 Å². The number of hydrogen-bond donors (Lipinski definition) is 3. The van der Waals surface area contributed by atoms with Crippen LogP contribution in [0.5, 0.6) is 0 Å². The molecule has 5 heteroatoms. The highest BCUT2D eigenvalue weighted by Gasteiger charge is 2.24. The molecule has 0 atom stereocenters. The maximum atomic E-state index is 9.49. The highest BCUT2D eigenvalue weighted by Crippen LogP contribution is 2.38. The van der Waals surface area contributed by atoms with Gasteiger partial charge in [0.05, 0.1) is 16.7 Å². The number of nitrogens with zero attached hydrogens (tertiary/aromatic N) is 2. The predicted molar refractivity (Wildman–Crippen MR) is 108 cm³/mol. The van der Waals surface area contributed by atoms with Gasteiger partial charge in [-0.05, 0) is 73.9 Å². The Morgan fingerprint density at radius 3 is 2.41 bits per heavy atom. The largest absolute Gasteiger partial charge is 0.326 e. The fourth-order valence-electron chi connectivity index (χ4n) is 3.95. The number of anilines is 2. The number of rotatable bonds is 5. The summed E-state index contributed by atoms with van der Waals surface area (Å²) < 4.78 is 2.35. The van der Waals surface area contributed by atoms with Crippen molar-refractivity contribution in [1.82, 2.24) is 15.0 Å². The van der Waals surface area contributed by atoms with Gasteiger partial charge in [-0.2, -0.15) is 0 Å². The van der Waals surface area contributed by atoms with Crippen molar-refractivity contribution in [2.75, 3.05) is 5.32 Å². The van der Waals surface area contributed by atoms with Crippen LogP contribution in [0, 0.1) is 0 Å². The Morgan fingerprint density at radius 2 is 1.78 bits per heavy atom. The lowest BCUT2D eigenvalue weighted by atomic mass is 9.88. The summed E-state index contributed by atoms with van der Waals surface area (Å²) in [6.07, 6.45) is 7.05. The summed E-state index contributed by atoms with van der Waals surface area (Å²) in [5.41, 5.74) is 8.79. The van der Waals surface area contributed by atoms with Crippen molar-refractivity contribution in [1.29, 1.82) is 0 Å². The van der Waals surface area contributed by atoms with E-state index in [1.807, 2.05) is 18.2 Å². The molecule has 2 aromatic carbocycles. The minimum absolute atomic E-state index is 0.535. The third-order valence-corrected chi connectivity index (χ3v) is 5.89. The highest BCUT2D eigenvalue weighted by molar-refractivity contribution is 5.80. The Labute approximate surface area is 158 Å². The normalized spacial score (nSPS) is 16.7. The Morgan fingerprint density at radius 1 is 1.00 bits per heavy atom. The van der Waals surface area contributed by atoms with E-state index < -0.39 is 0 Å². The maximum absolute atomic E-state index is 9.49. The van der Waals surface area contributed by atoms with Gasteiger partial charge in [-0.25, -0.2) is 4.98 Å². The van der Waals surface area contributed by atoms with Crippen LogP contribution in [-0.2, 0) is 0 Å². The molecule has 3 aromatic rings. The Balaban J connectivity index is 1.45. The van der Waals surface area contributed by atoms with Gasteiger partial charge >= 0.3 is 0 Å². The van der Waals surface area contributed by atoms with Crippen molar-refractivity contribution in [2.24, 2.45) is 0 Å². The molecule has 27 heavy (non-hydrogen) atoms. The first kappa shape index (κ1) is 16.4. The van der Waals surface area contributed by atoms with Gasteiger partial charge < -0.3 is 9.88 Å². The fraction of sp³-hybridized carbons (Fsp3) is 0.318. The summed E-state index contributed by atoms with van der Waals surface area (Å²) in [6, 6.07) is 17.1. The van der Waals surface area contributed by atoms with Crippen LogP contribution in [0.1, 0.15) is 50.1 Å². The summed E-state index contributed by atoms with van der Waals surface area (Å²) in [5, 5.41) is 13.0. The first-order chi connectivity index (χ1) is 13.3. The van der Waals surface area contributed by atoms with Crippen LogP contribution < -0.4 is 10.8 Å². The molecule has 2 saturated carbocycles. The first-order valence-corrected chi connectivity index (χ1v) is 9.80. The van der Waals surface area contributed by atoms with Gasteiger partial charge in [0.1, 0.15) is 0 Å². The van der Waals surface area contributed by atoms with Gasteiger partial charge in [0, 0.05) is 11.7 Å². The van der Waals surface area contributed by atoms with E-state index in [1.165, 1.54) is 36.8 Å². The summed E-state index contributed by atoms with van der Waals surface area (Å²) in [6.45, 7) is 0. The molecule has 3 N–H and O–H groups in total. The summed E-state index contributed by atoms with van der Waals surface area (Å²) >= 11 is 0. The minimum atomic E-state index is 0.535. The Bertz CT molecular complexity index is 993. The Kier molecular flexibility index (Phi) is 4.09. The number of hydrogen-bond acceptors (Lipinski definition) is 4. The number of nitrogens with one attached hydrogen (secondary N) is 2. The lowest BCUT2D eigenvalue weighted by Gasteiger charge is -2.29. The number of hydroxylamine groups is 1. The zero-order valence-corrected chi connectivity index (χ0v) is 15.3. The molecule has 0 amide bonds. The van der Waals surface area contributed by atoms with Crippen LogP contribution in [0.2, 0.25) is 0 Å². The van der Waals surface area contributed by atoms with Crippen molar-refractivity contribution < 1.29 is 5.21 Å². The molecule has 2 aliphatic carbocycles. The van der Waals surface area contributed by atoms with E-state index >= 15 is 0 Å². The van der Waals surface area contributed by atoms with Gasteiger partial charge in [0.2, 0.25) is 5.95 Å². The van der Waals surface area contributed by atoms with Gasteiger partial charge in [-0.3, -0.25) is 10.7 Å². The third-order valence-electron chi connectivity index (χ3n) is 5.89. The second kappa shape index (κ2) is 6.74. The van der Waals surface area contributed by atoms with Crippen LogP contribution in [0.25, 0.3) is 16.7 Å². The van der Waals surface area contributed by atoms with Crippen molar-refractivity contribution in [2.45, 2.75) is 44.6 Å². The highest BCUT2D eigenvalue weighted by atomic mass is 16.5. The molecule has 2 aliphatic rings. The minimum Gasteiger partial charge on any atom is -0.326 e. The fourth-order valence-corrected chi connectivity index (χ4v) is 3.95. The number of aromatic nitrogens is 2. The van der Waals surface area contributed by atoms with Gasteiger partial charge in [-0.1, -0.05) is 24.3 Å². The van der Waals surface area contributed by atoms with Crippen molar-refractivity contribution in [3.05, 3.63) is 59.7 Å². The molecule has 0 saturated heterocycles. The monoisotopic (exact) mass is 360 g/mol. The molecule has 5 rings (SSSR count). The van der Waals surface area contributed by atoms with Crippen LogP contribution in [0.4, 0.5) is 11.6 Å². The van der Waals surface area contributed by atoms with Crippen molar-refractivity contribution in [3.8, 4) is 0 Å². The zero-order chi connectivity index (χ0) is 18.2.